The average molecular weight is 440 g/mol. The van der Waals surface area contributed by atoms with Crippen molar-refractivity contribution in [2.75, 3.05) is 7.05 Å². The second-order valence-corrected chi connectivity index (χ2v) is 9.20. The van der Waals surface area contributed by atoms with Crippen LogP contribution >= 0.6 is 15.9 Å². The van der Waals surface area contributed by atoms with Gasteiger partial charge in [0.15, 0.2) is 5.96 Å². The van der Waals surface area contributed by atoms with Gasteiger partial charge in [0.05, 0.1) is 5.54 Å². The van der Waals surface area contributed by atoms with Gasteiger partial charge < -0.3 is 5.73 Å². The Kier molecular flexibility index (Phi) is 4.82. The van der Waals surface area contributed by atoms with E-state index in [0.717, 1.165) is 36.6 Å². The van der Waals surface area contributed by atoms with Crippen LogP contribution in [0.3, 0.4) is 0 Å². The maximum atomic E-state index is 11.3. The van der Waals surface area contributed by atoms with Crippen molar-refractivity contribution in [1.82, 2.24) is 4.90 Å². The number of aryl methyl sites for hydroxylation is 2. The van der Waals surface area contributed by atoms with Gasteiger partial charge in [0.1, 0.15) is 0 Å². The number of amides is 1. The second-order valence-electron chi connectivity index (χ2n) is 8.29. The molecule has 2 aliphatic carbocycles. The number of nitrogens with zero attached hydrogens (tertiary/aromatic N) is 2. The third-order valence-corrected chi connectivity index (χ3v) is 7.37. The first-order valence-corrected chi connectivity index (χ1v) is 10.6. The molecule has 28 heavy (non-hydrogen) atoms. The number of fused-ring (bicyclic) bond motifs is 2. The van der Waals surface area contributed by atoms with Crippen LogP contribution in [-0.2, 0) is 29.6 Å². The van der Waals surface area contributed by atoms with Gasteiger partial charge in [-0.3, -0.25) is 9.69 Å². The van der Waals surface area contributed by atoms with Crippen LogP contribution in [0.25, 0.3) is 0 Å². The Morgan fingerprint density at radius 3 is 2.39 bits per heavy atom. The highest BCUT2D eigenvalue weighted by Gasteiger charge is 2.55. The Hall–Kier alpha value is -2.14. The highest BCUT2D eigenvalue weighted by molar-refractivity contribution is 9.10. The summed E-state index contributed by atoms with van der Waals surface area (Å²) in [6.45, 7) is 2.20. The van der Waals surface area contributed by atoms with Gasteiger partial charge in [0.25, 0.3) is 0 Å². The SMILES string of the molecule is CN(C=O)C(N)=NC1(C)c2cc(Br)ccc2CC12CCc1ccccc1CC2. The van der Waals surface area contributed by atoms with Gasteiger partial charge in [-0.15, -0.1) is 0 Å². The number of halogens is 1. The molecule has 0 fully saturated rings. The van der Waals surface area contributed by atoms with Crippen LogP contribution in [0.15, 0.2) is 51.9 Å². The molecule has 0 bridgehead atoms. The monoisotopic (exact) mass is 439 g/mol. The smallest absolute Gasteiger partial charge is 0.216 e. The van der Waals surface area contributed by atoms with Crippen molar-refractivity contribution in [1.29, 1.82) is 0 Å². The highest BCUT2D eigenvalue weighted by atomic mass is 79.9. The Morgan fingerprint density at radius 1 is 1.14 bits per heavy atom. The lowest BCUT2D eigenvalue weighted by Crippen LogP contribution is -2.43. The van der Waals surface area contributed by atoms with E-state index in [1.54, 1.807) is 7.05 Å². The molecule has 0 radical (unpaired) electrons. The first-order chi connectivity index (χ1) is 13.4. The van der Waals surface area contributed by atoms with Gasteiger partial charge in [-0.05, 0) is 73.4 Å². The molecule has 5 heteroatoms. The molecule has 146 valence electrons. The fourth-order valence-electron chi connectivity index (χ4n) is 5.10. The maximum absolute atomic E-state index is 11.3. The Bertz CT molecular complexity index is 928. The van der Waals surface area contributed by atoms with E-state index in [1.165, 1.54) is 27.2 Å². The first-order valence-electron chi connectivity index (χ1n) is 9.78. The molecule has 1 amide bonds. The number of hydrogen-bond donors (Lipinski definition) is 1. The van der Waals surface area contributed by atoms with Gasteiger partial charge in [-0.25, -0.2) is 4.99 Å². The van der Waals surface area contributed by atoms with Crippen molar-refractivity contribution in [3.63, 3.8) is 0 Å². The highest BCUT2D eigenvalue weighted by Crippen LogP contribution is 2.58. The molecule has 2 aromatic rings. The molecule has 4 nitrogen and oxygen atoms in total. The summed E-state index contributed by atoms with van der Waals surface area (Å²) < 4.78 is 1.05. The van der Waals surface area contributed by atoms with Crippen molar-refractivity contribution in [2.45, 2.75) is 44.6 Å². The molecule has 1 unspecified atom stereocenters. The minimum Gasteiger partial charge on any atom is -0.369 e. The van der Waals surface area contributed by atoms with E-state index in [-0.39, 0.29) is 11.4 Å². The van der Waals surface area contributed by atoms with Gasteiger partial charge in [-0.2, -0.15) is 0 Å². The van der Waals surface area contributed by atoms with Gasteiger partial charge in [-0.1, -0.05) is 46.3 Å². The predicted molar refractivity (Wildman–Crippen MR) is 116 cm³/mol. The number of rotatable bonds is 2. The van der Waals surface area contributed by atoms with Crippen molar-refractivity contribution in [3.05, 3.63) is 69.2 Å². The average Bonchev–Trinajstić information content (AvgIpc) is 2.82. The summed E-state index contributed by atoms with van der Waals surface area (Å²) in [5.74, 6) is 0.270. The number of hydrogen-bond acceptors (Lipinski definition) is 2. The molecular formula is C23H26BrN3O. The maximum Gasteiger partial charge on any atom is 0.216 e. The summed E-state index contributed by atoms with van der Waals surface area (Å²) in [4.78, 5) is 17.6. The largest absolute Gasteiger partial charge is 0.369 e. The molecule has 4 rings (SSSR count). The zero-order chi connectivity index (χ0) is 19.9. The molecule has 0 heterocycles. The van der Waals surface area contributed by atoms with Crippen LogP contribution in [0.5, 0.6) is 0 Å². The molecule has 2 aliphatic rings. The third kappa shape index (κ3) is 2.96. The fourth-order valence-corrected chi connectivity index (χ4v) is 5.46. The number of nitrogens with two attached hydrogens (primary N) is 1. The second kappa shape index (κ2) is 7.03. The van der Waals surface area contributed by atoms with Crippen molar-refractivity contribution < 1.29 is 4.79 Å². The third-order valence-electron chi connectivity index (χ3n) is 6.88. The Labute approximate surface area is 175 Å². The zero-order valence-corrected chi connectivity index (χ0v) is 18.0. The number of carbonyl (C=O) groups is 1. The van der Waals surface area contributed by atoms with E-state index in [9.17, 15) is 4.79 Å². The normalized spacial score (nSPS) is 23.0. The lowest BCUT2D eigenvalue weighted by Gasteiger charge is -2.42. The van der Waals surface area contributed by atoms with Gasteiger partial charge in [0, 0.05) is 16.9 Å². The van der Waals surface area contributed by atoms with Crippen LogP contribution in [0.2, 0.25) is 0 Å². The Morgan fingerprint density at radius 2 is 1.79 bits per heavy atom. The molecule has 0 saturated carbocycles. The van der Waals surface area contributed by atoms with Gasteiger partial charge >= 0.3 is 0 Å². The van der Waals surface area contributed by atoms with Crippen LogP contribution in [0, 0.1) is 5.41 Å². The van der Waals surface area contributed by atoms with E-state index in [2.05, 4.69) is 65.3 Å². The molecule has 2 N–H and O–H groups in total. The van der Waals surface area contributed by atoms with Crippen molar-refractivity contribution in [3.8, 4) is 0 Å². The van der Waals surface area contributed by atoms with Crippen LogP contribution in [0.1, 0.15) is 42.0 Å². The molecule has 1 spiro atoms. The van der Waals surface area contributed by atoms with Crippen LogP contribution < -0.4 is 5.73 Å². The molecule has 1 atom stereocenters. The number of carbonyl (C=O) groups excluding carboxylic acids is 1. The van der Waals surface area contributed by atoms with Crippen molar-refractivity contribution in [2.24, 2.45) is 16.1 Å². The molecule has 0 aromatic heterocycles. The molecule has 0 aliphatic heterocycles. The topological polar surface area (TPSA) is 58.7 Å². The van der Waals surface area contributed by atoms with Crippen LogP contribution in [-0.4, -0.2) is 24.3 Å². The Balaban J connectivity index is 1.84. The quantitative estimate of drug-likeness (QED) is 0.433. The van der Waals surface area contributed by atoms with Crippen molar-refractivity contribution >= 4 is 28.3 Å². The summed E-state index contributed by atoms with van der Waals surface area (Å²) >= 11 is 3.63. The molecule has 0 saturated heterocycles. The summed E-state index contributed by atoms with van der Waals surface area (Å²) in [6, 6.07) is 15.3. The lowest BCUT2D eigenvalue weighted by molar-refractivity contribution is -0.114. The van der Waals surface area contributed by atoms with E-state index >= 15 is 0 Å². The fraction of sp³-hybridized carbons (Fsp3) is 0.391. The number of guanidine groups is 1. The van der Waals surface area contributed by atoms with E-state index in [1.807, 2.05) is 0 Å². The minimum absolute atomic E-state index is 0.0243. The summed E-state index contributed by atoms with van der Waals surface area (Å²) in [6.07, 6.45) is 5.89. The first kappa shape index (κ1) is 19.2. The van der Waals surface area contributed by atoms with Gasteiger partial charge in [0.2, 0.25) is 6.41 Å². The standard InChI is InChI=1S/C23H26BrN3O/c1-22(26-21(25)27(2)15-28)20-13-19(24)8-7-18(20)14-23(22)11-9-16-5-3-4-6-17(16)10-12-23/h3-8,13,15H,9-12,14H2,1-2H3,(H2,25,26). The predicted octanol–water partition coefficient (Wildman–Crippen LogP) is 4.19. The number of aliphatic imine (C=N–C) groups is 1. The molecule has 2 aromatic carbocycles. The van der Waals surface area contributed by atoms with Crippen LogP contribution in [0.4, 0.5) is 0 Å². The van der Waals surface area contributed by atoms with E-state index in [4.69, 9.17) is 10.7 Å². The minimum atomic E-state index is -0.477. The summed E-state index contributed by atoms with van der Waals surface area (Å²) in [5, 5.41) is 0. The summed E-state index contributed by atoms with van der Waals surface area (Å²) in [7, 11) is 1.65. The zero-order valence-electron chi connectivity index (χ0n) is 16.4. The number of benzene rings is 2. The lowest BCUT2D eigenvalue weighted by atomic mass is 9.66. The van der Waals surface area contributed by atoms with E-state index < -0.39 is 5.54 Å². The van der Waals surface area contributed by atoms with E-state index in [0.29, 0.717) is 6.41 Å². The molecular weight excluding hydrogens is 414 g/mol. The summed E-state index contributed by atoms with van der Waals surface area (Å²) in [5.41, 5.74) is 11.2.